The number of fused-ring (bicyclic) bond motifs is 1. The van der Waals surface area contributed by atoms with Gasteiger partial charge in [-0.05, 0) is 51.0 Å². The summed E-state index contributed by atoms with van der Waals surface area (Å²) in [7, 11) is 1.71. The van der Waals surface area contributed by atoms with Crippen LogP contribution in [0.4, 0.5) is 4.39 Å². The number of hydrogen-bond donors (Lipinski definition) is 0. The van der Waals surface area contributed by atoms with Crippen LogP contribution in [0.25, 0.3) is 5.78 Å². The number of halogens is 1. The average molecular weight is 387 g/mol. The van der Waals surface area contributed by atoms with E-state index in [4.69, 9.17) is 0 Å². The van der Waals surface area contributed by atoms with E-state index in [1.807, 2.05) is 27.7 Å². The number of benzene rings is 1. The number of rotatable bonds is 5. The first-order chi connectivity index (χ1) is 12.8. The van der Waals surface area contributed by atoms with Crippen molar-refractivity contribution in [2.45, 2.75) is 44.6 Å². The van der Waals surface area contributed by atoms with E-state index in [1.165, 1.54) is 23.9 Å². The Labute approximate surface area is 161 Å². The minimum Gasteiger partial charge on any atom is -0.340 e. The molecule has 2 heterocycles. The number of aryl methyl sites for hydroxylation is 2. The van der Waals surface area contributed by atoms with Crippen LogP contribution in [0.5, 0.6) is 0 Å². The fraction of sp³-hybridized carbons (Fsp3) is 0.368. The lowest BCUT2D eigenvalue weighted by Gasteiger charge is -2.20. The van der Waals surface area contributed by atoms with Crippen molar-refractivity contribution in [1.29, 1.82) is 0 Å². The highest BCUT2D eigenvalue weighted by molar-refractivity contribution is 8.00. The summed E-state index contributed by atoms with van der Waals surface area (Å²) in [5, 5.41) is 4.62. The van der Waals surface area contributed by atoms with E-state index in [1.54, 1.807) is 28.6 Å². The molecule has 6 nitrogen and oxygen atoms in total. The van der Waals surface area contributed by atoms with Crippen molar-refractivity contribution in [2.75, 3.05) is 7.05 Å². The first-order valence-corrected chi connectivity index (χ1v) is 9.51. The minimum absolute atomic E-state index is 0.0693. The summed E-state index contributed by atoms with van der Waals surface area (Å²) < 4.78 is 15.0. The standard InChI is InChI=1S/C19H22FN5OS/c1-11-12(2)21-18-22-19(23-25(18)13(11)3)27-14(4)17(26)24(5)10-15-7-6-8-16(20)9-15/h6-9,14H,10H2,1-5H3. The summed E-state index contributed by atoms with van der Waals surface area (Å²) in [4.78, 5) is 23.1. The van der Waals surface area contributed by atoms with Gasteiger partial charge in [0.05, 0.1) is 5.25 Å². The zero-order valence-corrected chi connectivity index (χ0v) is 16.8. The largest absolute Gasteiger partial charge is 0.340 e. The molecule has 0 N–H and O–H groups in total. The van der Waals surface area contributed by atoms with Gasteiger partial charge in [-0.2, -0.15) is 4.98 Å². The summed E-state index contributed by atoms with van der Waals surface area (Å²) in [6, 6.07) is 6.26. The molecule has 0 fully saturated rings. The van der Waals surface area contributed by atoms with Gasteiger partial charge in [0, 0.05) is 25.0 Å². The summed E-state index contributed by atoms with van der Waals surface area (Å²) in [5.74, 6) is 0.157. The SMILES string of the molecule is Cc1nc2nc(SC(C)C(=O)N(C)Cc3cccc(F)c3)nn2c(C)c1C. The number of nitrogens with zero attached hydrogens (tertiary/aromatic N) is 5. The quantitative estimate of drug-likeness (QED) is 0.629. The van der Waals surface area contributed by atoms with E-state index in [-0.39, 0.29) is 17.0 Å². The van der Waals surface area contributed by atoms with E-state index >= 15 is 0 Å². The Balaban J connectivity index is 1.72. The highest BCUT2D eigenvalue weighted by Crippen LogP contribution is 2.23. The molecule has 0 saturated heterocycles. The van der Waals surface area contributed by atoms with E-state index < -0.39 is 0 Å². The van der Waals surface area contributed by atoms with Crippen LogP contribution in [-0.2, 0) is 11.3 Å². The van der Waals surface area contributed by atoms with E-state index in [9.17, 15) is 9.18 Å². The van der Waals surface area contributed by atoms with Crippen LogP contribution in [0.2, 0.25) is 0 Å². The third kappa shape index (κ3) is 4.10. The Kier molecular flexibility index (Phi) is 5.46. The lowest BCUT2D eigenvalue weighted by atomic mass is 10.2. The van der Waals surface area contributed by atoms with Gasteiger partial charge in [0.15, 0.2) is 0 Å². The van der Waals surface area contributed by atoms with E-state index in [2.05, 4.69) is 15.1 Å². The molecule has 8 heteroatoms. The Morgan fingerprint density at radius 2 is 2.04 bits per heavy atom. The van der Waals surface area contributed by atoms with Crippen LogP contribution in [-0.4, -0.2) is 42.7 Å². The first kappa shape index (κ1) is 19.3. The second-order valence-corrected chi connectivity index (χ2v) is 7.91. The van der Waals surface area contributed by atoms with Crippen molar-refractivity contribution in [3.05, 3.63) is 52.6 Å². The lowest BCUT2D eigenvalue weighted by Crippen LogP contribution is -2.32. The zero-order valence-electron chi connectivity index (χ0n) is 16.0. The van der Waals surface area contributed by atoms with E-state index in [0.717, 1.165) is 22.5 Å². The number of carbonyl (C=O) groups excluding carboxylic acids is 1. The Morgan fingerprint density at radius 1 is 1.30 bits per heavy atom. The smallest absolute Gasteiger partial charge is 0.253 e. The van der Waals surface area contributed by atoms with Crippen molar-refractivity contribution in [3.8, 4) is 0 Å². The number of aromatic nitrogens is 4. The lowest BCUT2D eigenvalue weighted by molar-refractivity contribution is -0.129. The molecule has 1 atom stereocenters. The number of hydrogen-bond acceptors (Lipinski definition) is 5. The van der Waals surface area contributed by atoms with Crippen molar-refractivity contribution < 1.29 is 9.18 Å². The molecule has 1 unspecified atom stereocenters. The highest BCUT2D eigenvalue weighted by Gasteiger charge is 2.22. The number of carbonyl (C=O) groups is 1. The fourth-order valence-corrected chi connectivity index (χ4v) is 3.65. The summed E-state index contributed by atoms with van der Waals surface area (Å²) in [6.07, 6.45) is 0. The molecule has 142 valence electrons. The van der Waals surface area contributed by atoms with Gasteiger partial charge in [0.1, 0.15) is 5.82 Å². The molecule has 0 aliphatic carbocycles. The van der Waals surface area contributed by atoms with Crippen molar-refractivity contribution in [3.63, 3.8) is 0 Å². The molecule has 1 aromatic carbocycles. The molecule has 0 spiro atoms. The van der Waals surface area contributed by atoms with Crippen molar-refractivity contribution >= 4 is 23.4 Å². The normalized spacial score (nSPS) is 12.4. The van der Waals surface area contributed by atoms with E-state index in [0.29, 0.717) is 17.5 Å². The molecule has 0 saturated carbocycles. The first-order valence-electron chi connectivity index (χ1n) is 8.63. The van der Waals surface area contributed by atoms with Gasteiger partial charge < -0.3 is 4.90 Å². The van der Waals surface area contributed by atoms with Gasteiger partial charge >= 0.3 is 0 Å². The monoisotopic (exact) mass is 387 g/mol. The highest BCUT2D eigenvalue weighted by atomic mass is 32.2. The van der Waals surface area contributed by atoms with Gasteiger partial charge in [-0.1, -0.05) is 23.9 Å². The summed E-state index contributed by atoms with van der Waals surface area (Å²) in [6.45, 7) is 8.08. The Morgan fingerprint density at radius 3 is 2.74 bits per heavy atom. The third-order valence-electron chi connectivity index (χ3n) is 4.56. The average Bonchev–Trinajstić information content (AvgIpc) is 3.01. The van der Waals surface area contributed by atoms with Gasteiger partial charge in [0.2, 0.25) is 11.1 Å². The zero-order chi connectivity index (χ0) is 19.7. The van der Waals surface area contributed by atoms with Gasteiger partial charge in [-0.25, -0.2) is 13.9 Å². The van der Waals surface area contributed by atoms with Crippen molar-refractivity contribution in [2.24, 2.45) is 0 Å². The van der Waals surface area contributed by atoms with Gasteiger partial charge in [0.25, 0.3) is 5.78 Å². The molecule has 2 aromatic heterocycles. The molecule has 0 radical (unpaired) electrons. The maximum absolute atomic E-state index is 13.3. The molecular weight excluding hydrogens is 365 g/mol. The Hall–Kier alpha value is -2.48. The van der Waals surface area contributed by atoms with Gasteiger partial charge in [-0.15, -0.1) is 5.10 Å². The number of thioether (sulfide) groups is 1. The van der Waals surface area contributed by atoms with Crippen LogP contribution in [0.15, 0.2) is 29.4 Å². The number of amides is 1. The predicted molar refractivity (Wildman–Crippen MR) is 103 cm³/mol. The molecule has 0 bridgehead atoms. The maximum Gasteiger partial charge on any atom is 0.253 e. The van der Waals surface area contributed by atoms with Crippen LogP contribution >= 0.6 is 11.8 Å². The second kappa shape index (κ2) is 7.64. The molecule has 27 heavy (non-hydrogen) atoms. The molecule has 0 aliphatic heterocycles. The summed E-state index contributed by atoms with van der Waals surface area (Å²) in [5.41, 5.74) is 3.73. The third-order valence-corrected chi connectivity index (χ3v) is 5.50. The predicted octanol–water partition coefficient (Wildman–Crippen LogP) is 3.33. The fourth-order valence-electron chi connectivity index (χ4n) is 2.79. The van der Waals surface area contributed by atoms with Crippen LogP contribution in [0, 0.1) is 26.6 Å². The molecule has 0 aliphatic rings. The Bertz CT molecular complexity index is 1000. The second-order valence-electron chi connectivity index (χ2n) is 6.60. The minimum atomic E-state index is -0.372. The van der Waals surface area contributed by atoms with Gasteiger partial charge in [-0.3, -0.25) is 4.79 Å². The van der Waals surface area contributed by atoms with Crippen molar-refractivity contribution in [1.82, 2.24) is 24.5 Å². The molecule has 1 amide bonds. The van der Waals surface area contributed by atoms with Crippen LogP contribution < -0.4 is 0 Å². The summed E-state index contributed by atoms with van der Waals surface area (Å²) >= 11 is 1.29. The topological polar surface area (TPSA) is 63.4 Å². The van der Waals surface area contributed by atoms with Crippen LogP contribution in [0.3, 0.4) is 0 Å². The molecular formula is C19H22FN5OS. The maximum atomic E-state index is 13.3. The molecule has 3 aromatic rings. The van der Waals surface area contributed by atoms with Crippen LogP contribution in [0.1, 0.15) is 29.4 Å². The molecule has 3 rings (SSSR count).